The van der Waals surface area contributed by atoms with E-state index >= 15 is 0 Å². The number of carbonyl (C=O) groups excluding carboxylic acids is 1. The fourth-order valence-corrected chi connectivity index (χ4v) is 4.18. The first-order valence-corrected chi connectivity index (χ1v) is 12.3. The van der Waals surface area contributed by atoms with E-state index in [1.807, 2.05) is 84.9 Å². The molecular weight excluding hydrogens is 446 g/mol. The summed E-state index contributed by atoms with van der Waals surface area (Å²) in [6.45, 7) is 0.677. The summed E-state index contributed by atoms with van der Waals surface area (Å²) < 4.78 is 23.1. The zero-order valence-corrected chi connectivity index (χ0v) is 19.3. The zero-order valence-electron chi connectivity index (χ0n) is 18.5. The fourth-order valence-electron chi connectivity index (χ4n) is 3.66. The Bertz CT molecular complexity index is 1360. The minimum absolute atomic E-state index is 0.0344. The number of para-hydroxylation sites is 1. The van der Waals surface area contributed by atoms with E-state index in [9.17, 15) is 13.2 Å². The van der Waals surface area contributed by atoms with Gasteiger partial charge in [-0.05, 0) is 34.9 Å². The molecule has 4 aromatic rings. The quantitative estimate of drug-likeness (QED) is 0.386. The summed E-state index contributed by atoms with van der Waals surface area (Å²) in [5, 5.41) is 8.26. The molecule has 0 aromatic heterocycles. The van der Waals surface area contributed by atoms with Crippen molar-refractivity contribution in [3.63, 3.8) is 0 Å². The van der Waals surface area contributed by atoms with Crippen LogP contribution in [0.2, 0.25) is 0 Å². The number of hydrogen-bond acceptors (Lipinski definition) is 3. The molecular formula is C27H25N3O3S. The molecule has 2 amide bonds. The van der Waals surface area contributed by atoms with E-state index in [0.29, 0.717) is 18.8 Å². The lowest BCUT2D eigenvalue weighted by Crippen LogP contribution is -2.34. The number of nitrogens with zero attached hydrogens (tertiary/aromatic N) is 1. The third-order valence-corrected chi connectivity index (χ3v) is 6.31. The molecule has 3 N–H and O–H groups in total. The van der Waals surface area contributed by atoms with E-state index < -0.39 is 10.0 Å². The van der Waals surface area contributed by atoms with Gasteiger partial charge in [-0.3, -0.25) is 0 Å². The standard InChI is InChI=1S/C27H25N3O3S/c28-34(32,33)24-17-15-22(16-18-24)20-30(19-21-9-3-1-4-10-21)27(31)29-26-14-8-7-13-25(26)23-11-5-2-6-12-23/h1-18H,19-20H2,(H,29,31)(H2,28,32,33). The van der Waals surface area contributed by atoms with E-state index in [4.69, 9.17) is 5.14 Å². The van der Waals surface area contributed by atoms with Crippen LogP contribution in [0.25, 0.3) is 11.1 Å². The van der Waals surface area contributed by atoms with E-state index in [1.165, 1.54) is 12.1 Å². The summed E-state index contributed by atoms with van der Waals surface area (Å²) in [6.07, 6.45) is 0. The highest BCUT2D eigenvalue weighted by atomic mass is 32.2. The average Bonchev–Trinajstić information content (AvgIpc) is 2.85. The number of nitrogens with one attached hydrogen (secondary N) is 1. The van der Waals surface area contributed by atoms with Gasteiger partial charge in [-0.1, -0.05) is 91.0 Å². The highest BCUT2D eigenvalue weighted by Crippen LogP contribution is 2.28. The predicted molar refractivity (Wildman–Crippen MR) is 134 cm³/mol. The molecule has 0 aliphatic carbocycles. The Morgan fingerprint density at radius 3 is 1.85 bits per heavy atom. The summed E-state index contributed by atoms with van der Waals surface area (Å²) in [6, 6.07) is 33.2. The van der Waals surface area contributed by atoms with Crippen molar-refractivity contribution in [3.05, 3.63) is 120 Å². The van der Waals surface area contributed by atoms with Gasteiger partial charge in [0.25, 0.3) is 0 Å². The summed E-state index contributed by atoms with van der Waals surface area (Å²) in [4.78, 5) is 15.1. The molecule has 0 aliphatic heterocycles. The van der Waals surface area contributed by atoms with Crippen LogP contribution in [-0.4, -0.2) is 19.3 Å². The number of amides is 2. The molecule has 0 heterocycles. The molecule has 0 aliphatic rings. The van der Waals surface area contributed by atoms with Gasteiger partial charge in [0.2, 0.25) is 10.0 Å². The Hall–Kier alpha value is -3.94. The van der Waals surface area contributed by atoms with Crippen molar-refractivity contribution in [3.8, 4) is 11.1 Å². The van der Waals surface area contributed by atoms with Crippen molar-refractivity contribution in [2.75, 3.05) is 5.32 Å². The number of rotatable bonds is 7. The SMILES string of the molecule is NS(=O)(=O)c1ccc(CN(Cc2ccccc2)C(=O)Nc2ccccc2-c2ccccc2)cc1. The lowest BCUT2D eigenvalue weighted by atomic mass is 10.0. The Morgan fingerprint density at radius 1 is 0.706 bits per heavy atom. The largest absolute Gasteiger partial charge is 0.322 e. The minimum atomic E-state index is -3.78. The van der Waals surface area contributed by atoms with Gasteiger partial charge in [0.05, 0.1) is 10.6 Å². The molecule has 0 atom stereocenters. The number of carbonyl (C=O) groups is 1. The highest BCUT2D eigenvalue weighted by molar-refractivity contribution is 7.89. The van der Waals surface area contributed by atoms with Crippen molar-refractivity contribution in [2.24, 2.45) is 5.14 Å². The molecule has 34 heavy (non-hydrogen) atoms. The van der Waals surface area contributed by atoms with Gasteiger partial charge < -0.3 is 10.2 Å². The van der Waals surface area contributed by atoms with Crippen molar-refractivity contribution in [1.82, 2.24) is 4.90 Å². The number of anilines is 1. The van der Waals surface area contributed by atoms with Crippen LogP contribution in [-0.2, 0) is 23.1 Å². The lowest BCUT2D eigenvalue weighted by molar-refractivity contribution is 0.206. The molecule has 7 heteroatoms. The Labute approximate surface area is 199 Å². The maximum absolute atomic E-state index is 13.4. The van der Waals surface area contributed by atoms with Gasteiger partial charge in [0.15, 0.2) is 0 Å². The summed E-state index contributed by atoms with van der Waals surface area (Å²) in [5.74, 6) is 0. The van der Waals surface area contributed by atoms with Crippen LogP contribution in [0.4, 0.5) is 10.5 Å². The molecule has 0 fully saturated rings. The Balaban J connectivity index is 1.60. The molecule has 0 spiro atoms. The van der Waals surface area contributed by atoms with Crippen molar-refractivity contribution in [1.29, 1.82) is 0 Å². The fraction of sp³-hybridized carbons (Fsp3) is 0.0741. The van der Waals surface area contributed by atoms with Crippen LogP contribution >= 0.6 is 0 Å². The third-order valence-electron chi connectivity index (χ3n) is 5.38. The van der Waals surface area contributed by atoms with Crippen LogP contribution in [0.1, 0.15) is 11.1 Å². The summed E-state index contributed by atoms with van der Waals surface area (Å²) in [7, 11) is -3.78. The van der Waals surface area contributed by atoms with Crippen LogP contribution < -0.4 is 10.5 Å². The van der Waals surface area contributed by atoms with Gasteiger partial charge in [-0.15, -0.1) is 0 Å². The van der Waals surface area contributed by atoms with Crippen molar-refractivity contribution >= 4 is 21.7 Å². The number of urea groups is 1. The normalized spacial score (nSPS) is 11.1. The maximum Gasteiger partial charge on any atom is 0.322 e. The van der Waals surface area contributed by atoms with Gasteiger partial charge in [-0.2, -0.15) is 0 Å². The van der Waals surface area contributed by atoms with Crippen molar-refractivity contribution < 1.29 is 13.2 Å². The summed E-state index contributed by atoms with van der Waals surface area (Å²) >= 11 is 0. The topological polar surface area (TPSA) is 92.5 Å². The van der Waals surface area contributed by atoms with E-state index in [0.717, 1.165) is 22.3 Å². The van der Waals surface area contributed by atoms with E-state index in [-0.39, 0.29) is 10.9 Å². The Kier molecular flexibility index (Phi) is 7.06. The van der Waals surface area contributed by atoms with E-state index in [2.05, 4.69) is 5.32 Å². The molecule has 0 unspecified atom stereocenters. The molecule has 6 nitrogen and oxygen atoms in total. The number of benzene rings is 4. The first kappa shape index (κ1) is 23.2. The molecule has 0 radical (unpaired) electrons. The van der Waals surface area contributed by atoms with Crippen LogP contribution in [0.5, 0.6) is 0 Å². The number of primary sulfonamides is 1. The second-order valence-electron chi connectivity index (χ2n) is 7.87. The summed E-state index contributed by atoms with van der Waals surface area (Å²) in [5.41, 5.74) is 4.41. The van der Waals surface area contributed by atoms with Gasteiger partial charge in [-0.25, -0.2) is 18.4 Å². The molecule has 0 saturated heterocycles. The lowest BCUT2D eigenvalue weighted by Gasteiger charge is -2.24. The van der Waals surface area contributed by atoms with Crippen LogP contribution in [0, 0.1) is 0 Å². The number of hydrogen-bond donors (Lipinski definition) is 2. The second-order valence-corrected chi connectivity index (χ2v) is 9.43. The molecule has 4 aromatic carbocycles. The number of nitrogens with two attached hydrogens (primary N) is 1. The average molecular weight is 472 g/mol. The first-order chi connectivity index (χ1) is 16.4. The highest BCUT2D eigenvalue weighted by Gasteiger charge is 2.17. The third kappa shape index (κ3) is 5.89. The van der Waals surface area contributed by atoms with Crippen molar-refractivity contribution in [2.45, 2.75) is 18.0 Å². The van der Waals surface area contributed by atoms with Gasteiger partial charge >= 0.3 is 6.03 Å². The zero-order chi connectivity index (χ0) is 24.0. The first-order valence-electron chi connectivity index (χ1n) is 10.8. The van der Waals surface area contributed by atoms with Crippen LogP contribution in [0.15, 0.2) is 114 Å². The molecule has 0 saturated carbocycles. The molecule has 0 bridgehead atoms. The monoisotopic (exact) mass is 471 g/mol. The Morgan fingerprint density at radius 2 is 1.24 bits per heavy atom. The van der Waals surface area contributed by atoms with Gasteiger partial charge in [0, 0.05) is 18.7 Å². The maximum atomic E-state index is 13.4. The van der Waals surface area contributed by atoms with Gasteiger partial charge in [0.1, 0.15) is 0 Å². The van der Waals surface area contributed by atoms with Crippen LogP contribution in [0.3, 0.4) is 0 Å². The molecule has 4 rings (SSSR count). The second kappa shape index (κ2) is 10.3. The van der Waals surface area contributed by atoms with E-state index in [1.54, 1.807) is 17.0 Å². The number of sulfonamides is 1. The predicted octanol–water partition coefficient (Wildman–Crippen LogP) is 5.24. The smallest absolute Gasteiger partial charge is 0.316 e. The molecule has 172 valence electrons. The minimum Gasteiger partial charge on any atom is -0.316 e.